The Morgan fingerprint density at radius 1 is 1.05 bits per heavy atom. The van der Waals surface area contributed by atoms with Gasteiger partial charge in [0.15, 0.2) is 16.7 Å². The van der Waals surface area contributed by atoms with Gasteiger partial charge in [-0.1, -0.05) is 60.3 Å². The second-order valence-corrected chi connectivity index (χ2v) is 11.9. The smallest absolute Gasteiger partial charge is 0.287 e. The maximum atomic E-state index is 13.7. The summed E-state index contributed by atoms with van der Waals surface area (Å²) < 4.78 is 12.5. The highest BCUT2D eigenvalue weighted by Crippen LogP contribution is 2.35. The Balaban J connectivity index is 1.19. The summed E-state index contributed by atoms with van der Waals surface area (Å²) >= 11 is 2.92. The van der Waals surface area contributed by atoms with E-state index in [1.807, 2.05) is 64.5 Å². The fraction of sp³-hybridized carbons (Fsp3) is 0.219. The Bertz CT molecular complexity index is 1720. The van der Waals surface area contributed by atoms with Gasteiger partial charge >= 0.3 is 0 Å². The highest BCUT2D eigenvalue weighted by Gasteiger charge is 2.33. The van der Waals surface area contributed by atoms with E-state index < -0.39 is 0 Å². The Morgan fingerprint density at radius 2 is 1.89 bits per heavy atom. The number of thioether (sulfide) groups is 1. The molecule has 1 aliphatic rings. The summed E-state index contributed by atoms with van der Waals surface area (Å²) in [6.45, 7) is 0.744. The number of nitrogens with one attached hydrogen (secondary N) is 1. The minimum atomic E-state index is -0.338. The van der Waals surface area contributed by atoms with Gasteiger partial charge in [0.25, 0.3) is 11.8 Å². The van der Waals surface area contributed by atoms with Gasteiger partial charge in [0.1, 0.15) is 5.75 Å². The van der Waals surface area contributed by atoms with Crippen LogP contribution in [0.3, 0.4) is 0 Å². The SMILES string of the molecule is COc1ccc([C@H]2CC(c3cccs3)=NN2C(=O)CSc2nnc(CNC(=O)c3ccco3)n2CCc2ccccc2)cc1. The highest BCUT2D eigenvalue weighted by atomic mass is 32.2. The Morgan fingerprint density at radius 3 is 2.61 bits per heavy atom. The topological polar surface area (TPSA) is 115 Å². The van der Waals surface area contributed by atoms with Crippen LogP contribution in [0.4, 0.5) is 0 Å². The normalized spacial score (nSPS) is 14.4. The number of hydrogen-bond donors (Lipinski definition) is 1. The maximum Gasteiger partial charge on any atom is 0.287 e. The van der Waals surface area contributed by atoms with Gasteiger partial charge in [-0.3, -0.25) is 9.59 Å². The molecule has 2 aromatic carbocycles. The molecule has 5 aromatic rings. The van der Waals surface area contributed by atoms with Crippen LogP contribution in [-0.4, -0.2) is 50.2 Å². The van der Waals surface area contributed by atoms with Gasteiger partial charge in [-0.25, -0.2) is 5.01 Å². The van der Waals surface area contributed by atoms with Crippen LogP contribution in [0.5, 0.6) is 5.75 Å². The lowest BCUT2D eigenvalue weighted by molar-refractivity contribution is -0.130. The zero-order valence-electron chi connectivity index (χ0n) is 24.0. The molecule has 0 aliphatic carbocycles. The number of aryl methyl sites for hydroxylation is 1. The number of ether oxygens (including phenoxy) is 1. The molecule has 0 radical (unpaired) electrons. The molecule has 0 saturated heterocycles. The number of hydrogen-bond acceptors (Lipinski definition) is 9. The van der Waals surface area contributed by atoms with Crippen molar-refractivity contribution in [1.29, 1.82) is 0 Å². The molecular weight excluding hydrogens is 597 g/mol. The second-order valence-electron chi connectivity index (χ2n) is 9.99. The van der Waals surface area contributed by atoms with Gasteiger partial charge in [-0.15, -0.1) is 21.5 Å². The highest BCUT2D eigenvalue weighted by molar-refractivity contribution is 7.99. The molecule has 0 bridgehead atoms. The quantitative estimate of drug-likeness (QED) is 0.180. The van der Waals surface area contributed by atoms with Crippen molar-refractivity contribution in [1.82, 2.24) is 25.1 Å². The van der Waals surface area contributed by atoms with Crippen LogP contribution in [0.1, 0.15) is 44.8 Å². The number of furan rings is 1. The fourth-order valence-electron chi connectivity index (χ4n) is 4.93. The molecule has 1 aliphatic heterocycles. The molecule has 0 saturated carbocycles. The van der Waals surface area contributed by atoms with Gasteiger partial charge in [-0.05, 0) is 53.3 Å². The van der Waals surface area contributed by atoms with E-state index in [9.17, 15) is 9.59 Å². The van der Waals surface area contributed by atoms with Crippen LogP contribution < -0.4 is 10.1 Å². The number of benzene rings is 2. The summed E-state index contributed by atoms with van der Waals surface area (Å²) in [5.41, 5.74) is 3.04. The van der Waals surface area contributed by atoms with Crippen molar-refractivity contribution in [3.8, 4) is 5.75 Å². The van der Waals surface area contributed by atoms with E-state index in [1.54, 1.807) is 35.6 Å². The first kappa shape index (κ1) is 29.4. The van der Waals surface area contributed by atoms with Crippen LogP contribution in [0.25, 0.3) is 0 Å². The molecule has 0 spiro atoms. The first-order chi connectivity index (χ1) is 21.6. The van der Waals surface area contributed by atoms with Crippen LogP contribution in [-0.2, 0) is 24.3 Å². The number of aromatic nitrogens is 3. The van der Waals surface area contributed by atoms with Crippen LogP contribution >= 0.6 is 23.1 Å². The molecule has 44 heavy (non-hydrogen) atoms. The third kappa shape index (κ3) is 6.76. The van der Waals surface area contributed by atoms with Gasteiger partial charge in [0.05, 0.1) is 42.3 Å². The number of nitrogens with zero attached hydrogens (tertiary/aromatic N) is 5. The largest absolute Gasteiger partial charge is 0.497 e. The average molecular weight is 627 g/mol. The lowest BCUT2D eigenvalue weighted by atomic mass is 10.0. The standard InChI is InChI=1S/C32H30N6O4S2/c1-41-24-13-11-23(12-14-24)26-19-25(28-10-6-18-43-28)36-38(26)30(39)21-44-32-35-34-29(20-33-31(40)27-9-5-17-42-27)37(32)16-15-22-7-3-2-4-8-22/h2-14,17-18,26H,15-16,19-21H2,1H3,(H,33,40)/t26-/m1/s1. The van der Waals surface area contributed by atoms with E-state index in [2.05, 4.69) is 27.6 Å². The van der Waals surface area contributed by atoms with Crippen molar-refractivity contribution < 1.29 is 18.7 Å². The summed E-state index contributed by atoms with van der Waals surface area (Å²) in [5, 5.41) is 20.6. The van der Waals surface area contributed by atoms with E-state index in [-0.39, 0.29) is 35.9 Å². The molecule has 224 valence electrons. The summed E-state index contributed by atoms with van der Waals surface area (Å²) in [7, 11) is 1.63. The first-order valence-electron chi connectivity index (χ1n) is 14.1. The molecule has 4 heterocycles. The van der Waals surface area contributed by atoms with Crippen molar-refractivity contribution in [2.75, 3.05) is 12.9 Å². The zero-order valence-corrected chi connectivity index (χ0v) is 25.6. The van der Waals surface area contributed by atoms with E-state index in [0.29, 0.717) is 23.9 Å². The van der Waals surface area contributed by atoms with Crippen LogP contribution in [0.2, 0.25) is 0 Å². The number of rotatable bonds is 12. The van der Waals surface area contributed by atoms with Crippen molar-refractivity contribution in [2.45, 2.75) is 37.1 Å². The molecule has 6 rings (SSSR count). The zero-order chi connectivity index (χ0) is 30.3. The van der Waals surface area contributed by atoms with Gasteiger partial charge in [0, 0.05) is 13.0 Å². The number of carbonyl (C=O) groups excluding carboxylic acids is 2. The minimum absolute atomic E-state index is 0.121. The van der Waals surface area contributed by atoms with E-state index in [0.717, 1.165) is 33.9 Å². The Kier molecular flexibility index (Phi) is 9.18. The third-order valence-electron chi connectivity index (χ3n) is 7.21. The molecule has 3 aromatic heterocycles. The summed E-state index contributed by atoms with van der Waals surface area (Å²) in [5.74, 6) is 1.22. The summed E-state index contributed by atoms with van der Waals surface area (Å²) in [4.78, 5) is 27.3. The lowest BCUT2D eigenvalue weighted by Crippen LogP contribution is -2.28. The van der Waals surface area contributed by atoms with Crippen molar-refractivity contribution >= 4 is 40.6 Å². The molecule has 12 heteroatoms. The van der Waals surface area contributed by atoms with Crippen LogP contribution in [0.15, 0.2) is 105 Å². The van der Waals surface area contributed by atoms with Crippen LogP contribution in [0, 0.1) is 0 Å². The van der Waals surface area contributed by atoms with Gasteiger partial charge < -0.3 is 19.0 Å². The van der Waals surface area contributed by atoms with Crippen molar-refractivity contribution in [3.63, 3.8) is 0 Å². The number of carbonyl (C=O) groups is 2. The maximum absolute atomic E-state index is 13.7. The predicted octanol–water partition coefficient (Wildman–Crippen LogP) is 5.58. The van der Waals surface area contributed by atoms with Crippen molar-refractivity contribution in [3.05, 3.63) is 118 Å². The molecule has 0 fully saturated rings. The first-order valence-corrected chi connectivity index (χ1v) is 15.9. The fourth-order valence-corrected chi connectivity index (χ4v) is 6.49. The van der Waals surface area contributed by atoms with Gasteiger partial charge in [-0.2, -0.15) is 5.10 Å². The number of hydrazone groups is 1. The molecule has 1 N–H and O–H groups in total. The van der Waals surface area contributed by atoms with E-state index in [4.69, 9.17) is 14.3 Å². The lowest BCUT2D eigenvalue weighted by Gasteiger charge is -2.22. The van der Waals surface area contributed by atoms with Crippen molar-refractivity contribution in [2.24, 2.45) is 5.10 Å². The Hall–Kier alpha value is -4.68. The number of methoxy groups -OCH3 is 1. The number of thiophene rings is 1. The Labute approximate surface area is 262 Å². The number of amides is 2. The monoisotopic (exact) mass is 626 g/mol. The van der Waals surface area contributed by atoms with E-state index >= 15 is 0 Å². The molecule has 2 amide bonds. The van der Waals surface area contributed by atoms with Gasteiger partial charge in [0.2, 0.25) is 0 Å². The minimum Gasteiger partial charge on any atom is -0.497 e. The molecule has 1 atom stereocenters. The molecule has 0 unspecified atom stereocenters. The average Bonchev–Trinajstić information content (AvgIpc) is 3.89. The van der Waals surface area contributed by atoms with E-state index in [1.165, 1.54) is 18.0 Å². The third-order valence-corrected chi connectivity index (χ3v) is 9.08. The summed E-state index contributed by atoms with van der Waals surface area (Å²) in [6, 6.07) is 24.9. The molecule has 10 nitrogen and oxygen atoms in total. The predicted molar refractivity (Wildman–Crippen MR) is 169 cm³/mol. The molecular formula is C32H30N6O4S2. The second kappa shape index (κ2) is 13.7. The summed E-state index contributed by atoms with van der Waals surface area (Å²) in [6.07, 6.45) is 2.81.